The fourth-order valence-corrected chi connectivity index (χ4v) is 2.08. The highest BCUT2D eigenvalue weighted by atomic mass is 35.5. The minimum absolute atomic E-state index is 0.0874. The van der Waals surface area contributed by atoms with Crippen molar-refractivity contribution in [3.63, 3.8) is 0 Å². The van der Waals surface area contributed by atoms with E-state index < -0.39 is 24.5 Å². The van der Waals surface area contributed by atoms with Gasteiger partial charge in [-0.3, -0.25) is 4.79 Å². The Kier molecular flexibility index (Phi) is 6.96. The van der Waals surface area contributed by atoms with Crippen molar-refractivity contribution in [1.29, 1.82) is 0 Å². The summed E-state index contributed by atoms with van der Waals surface area (Å²) in [5, 5.41) is -0.144. The third kappa shape index (κ3) is 4.92. The number of methoxy groups -OCH3 is 1. The van der Waals surface area contributed by atoms with Crippen LogP contribution in [0.4, 0.5) is 8.78 Å². The first kappa shape index (κ1) is 18.9. The topological polar surface area (TPSA) is 61.8 Å². The van der Waals surface area contributed by atoms with Gasteiger partial charge in [0, 0.05) is 5.57 Å². The van der Waals surface area contributed by atoms with Crippen LogP contribution < -0.4 is 4.74 Å². The molecule has 0 saturated heterocycles. The Balaban J connectivity index is 3.21. The molecule has 0 aromatic heterocycles. The Labute approximate surface area is 136 Å². The summed E-state index contributed by atoms with van der Waals surface area (Å²) >= 11 is 5.86. The Bertz CT molecular complexity index is 604. The number of hydrogen-bond donors (Lipinski definition) is 0. The van der Waals surface area contributed by atoms with E-state index in [-0.39, 0.29) is 28.5 Å². The van der Waals surface area contributed by atoms with E-state index in [0.29, 0.717) is 0 Å². The molecule has 1 atom stereocenters. The molecule has 1 unspecified atom stereocenters. The largest absolute Gasteiger partial charge is 0.466 e. The maximum absolute atomic E-state index is 12.2. The lowest BCUT2D eigenvalue weighted by atomic mass is 9.92. The molecule has 0 aliphatic rings. The standard InChI is InChI=1S/C15H15ClF2O5/c1-4-22-14(20)12(8(2)13(19)21-3)9-5-6-11(10(16)7-9)23-15(17)18/h5-7,12,15H,2,4H2,1,3H3. The van der Waals surface area contributed by atoms with Crippen molar-refractivity contribution < 1.29 is 32.6 Å². The van der Waals surface area contributed by atoms with Crippen molar-refractivity contribution >= 4 is 23.5 Å². The smallest absolute Gasteiger partial charge is 0.387 e. The van der Waals surface area contributed by atoms with Crippen LogP contribution in [-0.2, 0) is 19.1 Å². The zero-order valence-electron chi connectivity index (χ0n) is 12.5. The predicted molar refractivity (Wildman–Crippen MR) is 78.6 cm³/mol. The monoisotopic (exact) mass is 348 g/mol. The van der Waals surface area contributed by atoms with Gasteiger partial charge in [0.15, 0.2) is 0 Å². The molecule has 23 heavy (non-hydrogen) atoms. The fraction of sp³-hybridized carbons (Fsp3) is 0.333. The van der Waals surface area contributed by atoms with Gasteiger partial charge in [0.05, 0.1) is 18.7 Å². The molecular formula is C15H15ClF2O5. The minimum Gasteiger partial charge on any atom is -0.466 e. The molecule has 126 valence electrons. The molecule has 0 fully saturated rings. The number of carbonyl (C=O) groups is 2. The van der Waals surface area contributed by atoms with Crippen molar-refractivity contribution in [3.05, 3.63) is 40.9 Å². The van der Waals surface area contributed by atoms with E-state index >= 15 is 0 Å². The van der Waals surface area contributed by atoms with Gasteiger partial charge in [-0.2, -0.15) is 8.78 Å². The first-order valence-electron chi connectivity index (χ1n) is 6.49. The summed E-state index contributed by atoms with van der Waals surface area (Å²) in [6, 6.07) is 3.72. The van der Waals surface area contributed by atoms with Crippen LogP contribution in [0.25, 0.3) is 0 Å². The summed E-state index contributed by atoms with van der Waals surface area (Å²) in [6.07, 6.45) is 0. The number of ether oxygens (including phenoxy) is 3. The van der Waals surface area contributed by atoms with Gasteiger partial charge in [-0.25, -0.2) is 4.79 Å². The van der Waals surface area contributed by atoms with Crippen LogP contribution in [0.2, 0.25) is 5.02 Å². The van der Waals surface area contributed by atoms with Crippen LogP contribution in [0.15, 0.2) is 30.4 Å². The third-order valence-corrected chi connectivity index (χ3v) is 3.12. The quantitative estimate of drug-likeness (QED) is 0.559. The molecule has 0 spiro atoms. The van der Waals surface area contributed by atoms with Gasteiger partial charge in [-0.05, 0) is 24.6 Å². The Morgan fingerprint density at radius 3 is 2.48 bits per heavy atom. The zero-order valence-corrected chi connectivity index (χ0v) is 13.2. The maximum Gasteiger partial charge on any atom is 0.387 e. The molecule has 0 amide bonds. The van der Waals surface area contributed by atoms with Gasteiger partial charge in [-0.15, -0.1) is 0 Å². The minimum atomic E-state index is -3.04. The van der Waals surface area contributed by atoms with E-state index in [2.05, 4.69) is 16.1 Å². The highest BCUT2D eigenvalue weighted by molar-refractivity contribution is 6.32. The van der Waals surface area contributed by atoms with E-state index in [1.807, 2.05) is 0 Å². The fourth-order valence-electron chi connectivity index (χ4n) is 1.84. The summed E-state index contributed by atoms with van der Waals surface area (Å²) in [6.45, 7) is 2.19. The van der Waals surface area contributed by atoms with Gasteiger partial charge >= 0.3 is 18.6 Å². The second-order valence-electron chi connectivity index (χ2n) is 4.27. The van der Waals surface area contributed by atoms with Crippen LogP contribution in [-0.4, -0.2) is 32.3 Å². The summed E-state index contributed by atoms with van der Waals surface area (Å²) < 4.78 is 38.2. The van der Waals surface area contributed by atoms with E-state index in [4.69, 9.17) is 16.3 Å². The molecule has 1 rings (SSSR count). The van der Waals surface area contributed by atoms with E-state index in [1.54, 1.807) is 6.92 Å². The Morgan fingerprint density at radius 1 is 1.35 bits per heavy atom. The van der Waals surface area contributed by atoms with E-state index in [9.17, 15) is 18.4 Å². The van der Waals surface area contributed by atoms with Gasteiger partial charge in [0.1, 0.15) is 11.7 Å². The van der Waals surface area contributed by atoms with Crippen molar-refractivity contribution in [3.8, 4) is 5.75 Å². The molecular weight excluding hydrogens is 334 g/mol. The summed E-state index contributed by atoms with van der Waals surface area (Å²) in [5.74, 6) is -2.95. The predicted octanol–water partition coefficient (Wildman–Crippen LogP) is 3.32. The summed E-state index contributed by atoms with van der Waals surface area (Å²) in [4.78, 5) is 23.7. The highest BCUT2D eigenvalue weighted by Crippen LogP contribution is 2.33. The number of carbonyl (C=O) groups excluding carboxylic acids is 2. The molecule has 0 heterocycles. The zero-order chi connectivity index (χ0) is 17.6. The number of hydrogen-bond acceptors (Lipinski definition) is 5. The molecule has 0 N–H and O–H groups in total. The van der Waals surface area contributed by atoms with Gasteiger partial charge in [0.2, 0.25) is 0 Å². The molecule has 1 aromatic rings. The summed E-state index contributed by atoms with van der Waals surface area (Å²) in [7, 11) is 1.14. The maximum atomic E-state index is 12.2. The van der Waals surface area contributed by atoms with Crippen molar-refractivity contribution in [2.75, 3.05) is 13.7 Å². The van der Waals surface area contributed by atoms with Crippen LogP contribution in [0.5, 0.6) is 5.75 Å². The molecule has 1 aromatic carbocycles. The molecule has 0 bridgehead atoms. The lowest BCUT2D eigenvalue weighted by molar-refractivity contribution is -0.146. The number of benzene rings is 1. The second kappa shape index (κ2) is 8.47. The molecule has 0 saturated carbocycles. The number of rotatable bonds is 7. The van der Waals surface area contributed by atoms with Crippen LogP contribution >= 0.6 is 11.6 Å². The Morgan fingerprint density at radius 2 is 2.00 bits per heavy atom. The van der Waals surface area contributed by atoms with Gasteiger partial charge < -0.3 is 14.2 Å². The van der Waals surface area contributed by atoms with Crippen LogP contribution in [0.3, 0.4) is 0 Å². The van der Waals surface area contributed by atoms with Crippen LogP contribution in [0, 0.1) is 0 Å². The lowest BCUT2D eigenvalue weighted by Gasteiger charge is -2.18. The van der Waals surface area contributed by atoms with Crippen molar-refractivity contribution in [2.24, 2.45) is 0 Å². The first-order chi connectivity index (χ1) is 10.8. The molecule has 8 heteroatoms. The first-order valence-corrected chi connectivity index (χ1v) is 6.87. The SMILES string of the molecule is C=C(C(=O)OC)C(C(=O)OCC)c1ccc(OC(F)F)c(Cl)c1. The third-order valence-electron chi connectivity index (χ3n) is 2.82. The van der Waals surface area contributed by atoms with Crippen molar-refractivity contribution in [2.45, 2.75) is 19.5 Å². The van der Waals surface area contributed by atoms with Gasteiger partial charge in [-0.1, -0.05) is 24.2 Å². The summed E-state index contributed by atoms with van der Waals surface area (Å²) in [5.41, 5.74) is 0.0787. The highest BCUT2D eigenvalue weighted by Gasteiger charge is 2.30. The lowest BCUT2D eigenvalue weighted by Crippen LogP contribution is -2.22. The van der Waals surface area contributed by atoms with Crippen LogP contribution in [0.1, 0.15) is 18.4 Å². The average molecular weight is 349 g/mol. The number of esters is 2. The normalized spacial score (nSPS) is 11.7. The van der Waals surface area contributed by atoms with Gasteiger partial charge in [0.25, 0.3) is 0 Å². The van der Waals surface area contributed by atoms with E-state index in [1.165, 1.54) is 18.2 Å². The molecule has 0 aliphatic heterocycles. The molecule has 5 nitrogen and oxygen atoms in total. The number of halogens is 3. The molecule has 0 radical (unpaired) electrons. The molecule has 0 aliphatic carbocycles. The number of alkyl halides is 2. The van der Waals surface area contributed by atoms with E-state index in [0.717, 1.165) is 7.11 Å². The Hall–Kier alpha value is -2.15. The average Bonchev–Trinajstić information content (AvgIpc) is 2.49. The van der Waals surface area contributed by atoms with Crippen molar-refractivity contribution in [1.82, 2.24) is 0 Å². The second-order valence-corrected chi connectivity index (χ2v) is 4.68.